The molecule has 0 aliphatic heterocycles. The molecular formula is C11H16BrClN2O. The quantitative estimate of drug-likeness (QED) is 0.877. The van der Waals surface area contributed by atoms with E-state index in [0.29, 0.717) is 18.1 Å². The molecule has 0 aliphatic carbocycles. The zero-order valence-electron chi connectivity index (χ0n) is 9.37. The van der Waals surface area contributed by atoms with Crippen LogP contribution in [0.25, 0.3) is 0 Å². The molecular weight excluding hydrogens is 291 g/mol. The van der Waals surface area contributed by atoms with E-state index in [0.717, 1.165) is 10.2 Å². The normalized spacial score (nSPS) is 12.9. The Balaban J connectivity index is 2.45. The summed E-state index contributed by atoms with van der Waals surface area (Å²) in [6.45, 7) is 1.15. The summed E-state index contributed by atoms with van der Waals surface area (Å²) in [5.41, 5.74) is 0.908. The van der Waals surface area contributed by atoms with Crippen molar-refractivity contribution in [3.63, 3.8) is 0 Å². The monoisotopic (exact) mass is 306 g/mol. The van der Waals surface area contributed by atoms with E-state index in [1.54, 1.807) is 0 Å². The summed E-state index contributed by atoms with van der Waals surface area (Å²) in [6, 6.07) is 5.62. The Morgan fingerprint density at radius 2 is 2.19 bits per heavy atom. The van der Waals surface area contributed by atoms with Crippen LogP contribution in [0.1, 0.15) is 0 Å². The van der Waals surface area contributed by atoms with Crippen LogP contribution in [0.15, 0.2) is 22.7 Å². The minimum Gasteiger partial charge on any atom is -0.390 e. The van der Waals surface area contributed by atoms with E-state index in [1.807, 2.05) is 37.2 Å². The third-order valence-electron chi connectivity index (χ3n) is 2.04. The average Bonchev–Trinajstić information content (AvgIpc) is 2.19. The second kappa shape index (κ2) is 6.45. The van der Waals surface area contributed by atoms with Crippen molar-refractivity contribution in [2.45, 2.75) is 6.10 Å². The molecule has 1 rings (SSSR count). The van der Waals surface area contributed by atoms with Crippen LogP contribution in [0.3, 0.4) is 0 Å². The molecule has 90 valence electrons. The number of aliphatic hydroxyl groups excluding tert-OH is 1. The van der Waals surface area contributed by atoms with Gasteiger partial charge in [-0.2, -0.15) is 0 Å². The molecule has 3 nitrogen and oxygen atoms in total. The SMILES string of the molecule is CN(C)CC(O)CNc1ccc(Br)c(Cl)c1. The van der Waals surface area contributed by atoms with E-state index in [1.165, 1.54) is 0 Å². The Morgan fingerprint density at radius 1 is 1.50 bits per heavy atom. The van der Waals surface area contributed by atoms with Gasteiger partial charge >= 0.3 is 0 Å². The summed E-state index contributed by atoms with van der Waals surface area (Å²) in [5.74, 6) is 0. The molecule has 0 bridgehead atoms. The lowest BCUT2D eigenvalue weighted by Gasteiger charge is -2.17. The van der Waals surface area contributed by atoms with Crippen molar-refractivity contribution in [3.8, 4) is 0 Å². The number of halogens is 2. The van der Waals surface area contributed by atoms with Gasteiger partial charge in [0.15, 0.2) is 0 Å². The summed E-state index contributed by atoms with van der Waals surface area (Å²) in [5, 5.41) is 13.5. The first-order valence-electron chi connectivity index (χ1n) is 5.00. The molecule has 0 heterocycles. The van der Waals surface area contributed by atoms with Gasteiger partial charge in [0, 0.05) is 23.2 Å². The highest BCUT2D eigenvalue weighted by Crippen LogP contribution is 2.25. The summed E-state index contributed by atoms with van der Waals surface area (Å²) >= 11 is 9.28. The number of nitrogens with zero attached hydrogens (tertiary/aromatic N) is 1. The van der Waals surface area contributed by atoms with Crippen LogP contribution in [0.2, 0.25) is 5.02 Å². The number of aliphatic hydroxyl groups is 1. The predicted molar refractivity (Wildman–Crippen MR) is 72.2 cm³/mol. The Labute approximate surface area is 110 Å². The van der Waals surface area contributed by atoms with Gasteiger partial charge < -0.3 is 15.3 Å². The van der Waals surface area contributed by atoms with Gasteiger partial charge in [0.1, 0.15) is 0 Å². The van der Waals surface area contributed by atoms with Crippen molar-refractivity contribution in [2.24, 2.45) is 0 Å². The highest BCUT2D eigenvalue weighted by Gasteiger charge is 2.05. The Hall–Kier alpha value is -0.290. The van der Waals surface area contributed by atoms with Crippen molar-refractivity contribution >= 4 is 33.2 Å². The van der Waals surface area contributed by atoms with E-state index in [9.17, 15) is 5.11 Å². The van der Waals surface area contributed by atoms with E-state index in [2.05, 4.69) is 21.2 Å². The largest absolute Gasteiger partial charge is 0.390 e. The molecule has 1 unspecified atom stereocenters. The second-order valence-corrected chi connectivity index (χ2v) is 5.19. The number of nitrogens with one attached hydrogen (secondary N) is 1. The highest BCUT2D eigenvalue weighted by molar-refractivity contribution is 9.10. The first-order chi connectivity index (χ1) is 7.49. The maximum Gasteiger partial charge on any atom is 0.0838 e. The number of hydrogen-bond acceptors (Lipinski definition) is 3. The maximum atomic E-state index is 9.66. The van der Waals surface area contributed by atoms with Crippen LogP contribution >= 0.6 is 27.5 Å². The fourth-order valence-electron chi connectivity index (χ4n) is 1.33. The van der Waals surface area contributed by atoms with Gasteiger partial charge in [-0.25, -0.2) is 0 Å². The van der Waals surface area contributed by atoms with Gasteiger partial charge in [0.25, 0.3) is 0 Å². The van der Waals surface area contributed by atoms with E-state index < -0.39 is 6.10 Å². The molecule has 1 atom stereocenters. The molecule has 0 aliphatic rings. The number of likely N-dealkylation sites (N-methyl/N-ethyl adjacent to an activating group) is 1. The molecule has 0 spiro atoms. The smallest absolute Gasteiger partial charge is 0.0838 e. The topological polar surface area (TPSA) is 35.5 Å². The van der Waals surface area contributed by atoms with Gasteiger partial charge in [-0.15, -0.1) is 0 Å². The van der Waals surface area contributed by atoms with E-state index >= 15 is 0 Å². The van der Waals surface area contributed by atoms with Crippen LogP contribution in [0.5, 0.6) is 0 Å². The molecule has 1 aromatic carbocycles. The van der Waals surface area contributed by atoms with Crippen molar-refractivity contribution in [3.05, 3.63) is 27.7 Å². The van der Waals surface area contributed by atoms with Crippen LogP contribution in [0.4, 0.5) is 5.69 Å². The van der Waals surface area contributed by atoms with E-state index in [4.69, 9.17) is 11.6 Å². The molecule has 0 aromatic heterocycles. The standard InChI is InChI=1S/C11H16BrClN2O/c1-15(2)7-9(16)6-14-8-3-4-10(12)11(13)5-8/h3-5,9,14,16H,6-7H2,1-2H3. The number of hydrogen-bond donors (Lipinski definition) is 2. The number of anilines is 1. The first kappa shape index (κ1) is 13.8. The molecule has 0 radical (unpaired) electrons. The lowest BCUT2D eigenvalue weighted by Crippen LogP contribution is -2.31. The summed E-state index contributed by atoms with van der Waals surface area (Å²) in [4.78, 5) is 1.95. The summed E-state index contributed by atoms with van der Waals surface area (Å²) in [6.07, 6.45) is -0.391. The number of benzene rings is 1. The molecule has 1 aromatic rings. The second-order valence-electron chi connectivity index (χ2n) is 3.93. The van der Waals surface area contributed by atoms with Gasteiger partial charge in [-0.3, -0.25) is 0 Å². The van der Waals surface area contributed by atoms with Crippen LogP contribution in [0, 0.1) is 0 Å². The highest BCUT2D eigenvalue weighted by atomic mass is 79.9. The maximum absolute atomic E-state index is 9.66. The van der Waals surface area contributed by atoms with Gasteiger partial charge in [0.2, 0.25) is 0 Å². The minimum absolute atomic E-state index is 0.391. The van der Waals surface area contributed by atoms with Gasteiger partial charge in [-0.1, -0.05) is 11.6 Å². The van der Waals surface area contributed by atoms with Crippen molar-refractivity contribution in [1.29, 1.82) is 0 Å². The summed E-state index contributed by atoms with van der Waals surface area (Å²) < 4.78 is 0.869. The van der Waals surface area contributed by atoms with E-state index in [-0.39, 0.29) is 0 Å². The molecule has 2 N–H and O–H groups in total. The first-order valence-corrected chi connectivity index (χ1v) is 6.18. The fourth-order valence-corrected chi connectivity index (χ4v) is 1.75. The summed E-state index contributed by atoms with van der Waals surface area (Å²) in [7, 11) is 3.86. The van der Waals surface area contributed by atoms with Crippen molar-refractivity contribution < 1.29 is 5.11 Å². The molecule has 5 heteroatoms. The zero-order valence-corrected chi connectivity index (χ0v) is 11.7. The minimum atomic E-state index is -0.391. The Morgan fingerprint density at radius 3 is 2.75 bits per heavy atom. The van der Waals surface area contributed by atoms with Crippen molar-refractivity contribution in [2.75, 3.05) is 32.5 Å². The molecule has 0 saturated carbocycles. The lowest BCUT2D eigenvalue weighted by molar-refractivity contribution is 0.148. The van der Waals surface area contributed by atoms with Crippen molar-refractivity contribution in [1.82, 2.24) is 4.90 Å². The third kappa shape index (κ3) is 4.70. The van der Waals surface area contributed by atoms with Crippen LogP contribution in [-0.2, 0) is 0 Å². The lowest BCUT2D eigenvalue weighted by atomic mass is 10.3. The third-order valence-corrected chi connectivity index (χ3v) is 3.27. The molecule has 0 saturated heterocycles. The Bertz CT molecular complexity index is 347. The van der Waals surface area contributed by atoms with Crippen LogP contribution < -0.4 is 5.32 Å². The molecule has 0 fully saturated rings. The predicted octanol–water partition coefficient (Wildman–Crippen LogP) is 2.44. The molecule has 16 heavy (non-hydrogen) atoms. The van der Waals surface area contributed by atoms with Crippen LogP contribution in [-0.4, -0.2) is 43.3 Å². The fraction of sp³-hybridized carbons (Fsp3) is 0.455. The average molecular weight is 308 g/mol. The Kier molecular flexibility index (Phi) is 5.55. The zero-order chi connectivity index (χ0) is 12.1. The van der Waals surface area contributed by atoms with Gasteiger partial charge in [-0.05, 0) is 48.2 Å². The molecule has 0 amide bonds. The number of rotatable bonds is 5. The van der Waals surface area contributed by atoms with Gasteiger partial charge in [0.05, 0.1) is 11.1 Å².